The summed E-state index contributed by atoms with van der Waals surface area (Å²) in [6.07, 6.45) is 0. The van der Waals surface area contributed by atoms with Crippen molar-refractivity contribution in [1.29, 1.82) is 0 Å². The topological polar surface area (TPSA) is 72.7 Å². The second kappa shape index (κ2) is 7.96. The highest BCUT2D eigenvalue weighted by Gasteiger charge is 2.19. The number of halogens is 1. The van der Waals surface area contributed by atoms with Crippen LogP contribution in [-0.4, -0.2) is 47.9 Å². The number of methoxy groups -OCH3 is 1. The van der Waals surface area contributed by atoms with Crippen LogP contribution in [0.25, 0.3) is 0 Å². The maximum atomic E-state index is 12.5. The van der Waals surface area contributed by atoms with Crippen molar-refractivity contribution in [3.8, 4) is 0 Å². The molecule has 0 fully saturated rings. The summed E-state index contributed by atoms with van der Waals surface area (Å²) in [7, 11) is 1.56. The number of amides is 1. The average molecular weight is 345 g/mol. The first kappa shape index (κ1) is 16.6. The van der Waals surface area contributed by atoms with E-state index in [0.717, 1.165) is 5.56 Å². The Kier molecular flexibility index (Phi) is 6.60. The third-order valence-corrected chi connectivity index (χ3v) is 3.22. The molecule has 0 bridgehead atoms. The fourth-order valence-electron chi connectivity index (χ4n) is 1.74. The minimum absolute atomic E-state index is 0.0792. The molecule has 6 nitrogen and oxygen atoms in total. The molecule has 0 saturated heterocycles. The molecule has 0 N–H and O–H groups in total. The average Bonchev–Trinajstić information content (AvgIpc) is 2.43. The van der Waals surface area contributed by atoms with E-state index in [1.165, 1.54) is 12.1 Å². The summed E-state index contributed by atoms with van der Waals surface area (Å²) in [6, 6.07) is 4.32. The van der Waals surface area contributed by atoms with Crippen molar-refractivity contribution in [1.82, 2.24) is 4.90 Å². The number of carbonyl (C=O) groups excluding carboxylic acids is 1. The maximum Gasteiger partial charge on any atom is 0.270 e. The van der Waals surface area contributed by atoms with Crippen molar-refractivity contribution >= 4 is 27.5 Å². The van der Waals surface area contributed by atoms with E-state index >= 15 is 0 Å². The van der Waals surface area contributed by atoms with Crippen molar-refractivity contribution in [3.63, 3.8) is 0 Å². The van der Waals surface area contributed by atoms with Gasteiger partial charge in [0.1, 0.15) is 0 Å². The van der Waals surface area contributed by atoms with Crippen LogP contribution in [-0.2, 0) is 4.74 Å². The quantitative estimate of drug-likeness (QED) is 0.432. The minimum atomic E-state index is -0.500. The Morgan fingerprint density at radius 2 is 2.15 bits per heavy atom. The molecule has 0 atom stereocenters. The standard InChI is InChI=1S/C13H17BrN2O4/c1-10-3-4-11(16(18)19)9-12(10)13(17)15(6-5-14)7-8-20-2/h3-4,9H,5-8H2,1-2H3. The van der Waals surface area contributed by atoms with Gasteiger partial charge < -0.3 is 9.64 Å². The molecule has 7 heteroatoms. The number of rotatable bonds is 7. The molecular formula is C13H17BrN2O4. The lowest BCUT2D eigenvalue weighted by Crippen LogP contribution is -2.35. The first-order chi connectivity index (χ1) is 9.51. The van der Waals surface area contributed by atoms with Gasteiger partial charge in [0.05, 0.1) is 11.5 Å². The van der Waals surface area contributed by atoms with Gasteiger partial charge in [0.2, 0.25) is 0 Å². The van der Waals surface area contributed by atoms with E-state index in [4.69, 9.17) is 4.74 Å². The number of non-ortho nitro benzene ring substituents is 1. The first-order valence-corrected chi connectivity index (χ1v) is 7.22. The van der Waals surface area contributed by atoms with Crippen LogP contribution in [0.15, 0.2) is 18.2 Å². The lowest BCUT2D eigenvalue weighted by atomic mass is 10.1. The number of hydrogen-bond acceptors (Lipinski definition) is 4. The number of hydrogen-bond donors (Lipinski definition) is 0. The summed E-state index contributed by atoms with van der Waals surface area (Å²) in [4.78, 5) is 24.4. The van der Waals surface area contributed by atoms with E-state index in [2.05, 4.69) is 15.9 Å². The number of benzene rings is 1. The maximum absolute atomic E-state index is 12.5. The summed E-state index contributed by atoms with van der Waals surface area (Å²) in [5.41, 5.74) is 0.998. The highest BCUT2D eigenvalue weighted by Crippen LogP contribution is 2.19. The molecule has 0 unspecified atom stereocenters. The van der Waals surface area contributed by atoms with Crippen LogP contribution in [0, 0.1) is 17.0 Å². The molecule has 0 aliphatic carbocycles. The minimum Gasteiger partial charge on any atom is -0.383 e. The molecule has 0 heterocycles. The summed E-state index contributed by atoms with van der Waals surface area (Å²) in [6.45, 7) is 3.15. The highest BCUT2D eigenvalue weighted by molar-refractivity contribution is 9.09. The van der Waals surface area contributed by atoms with Crippen molar-refractivity contribution in [2.45, 2.75) is 6.92 Å². The van der Waals surface area contributed by atoms with Gasteiger partial charge in [-0.15, -0.1) is 0 Å². The zero-order valence-electron chi connectivity index (χ0n) is 11.5. The van der Waals surface area contributed by atoms with Crippen LogP contribution in [0.1, 0.15) is 15.9 Å². The molecule has 1 aromatic carbocycles. The van der Waals surface area contributed by atoms with Crippen LogP contribution in [0.5, 0.6) is 0 Å². The van der Waals surface area contributed by atoms with Crippen molar-refractivity contribution < 1.29 is 14.5 Å². The molecule has 1 amide bonds. The lowest BCUT2D eigenvalue weighted by molar-refractivity contribution is -0.384. The van der Waals surface area contributed by atoms with E-state index in [1.54, 1.807) is 25.0 Å². The van der Waals surface area contributed by atoms with Gasteiger partial charge >= 0.3 is 0 Å². The van der Waals surface area contributed by atoms with E-state index in [1.807, 2.05) is 0 Å². The van der Waals surface area contributed by atoms with Gasteiger partial charge in [0.25, 0.3) is 11.6 Å². The molecular weight excluding hydrogens is 328 g/mol. The Hall–Kier alpha value is -1.47. The SMILES string of the molecule is COCCN(CCBr)C(=O)c1cc([N+](=O)[O-])ccc1C. The molecule has 0 aliphatic heterocycles. The van der Waals surface area contributed by atoms with Crippen molar-refractivity contribution in [2.75, 3.05) is 32.1 Å². The smallest absolute Gasteiger partial charge is 0.270 e. The van der Waals surface area contributed by atoms with Gasteiger partial charge in [0, 0.05) is 43.2 Å². The molecule has 1 aromatic rings. The largest absolute Gasteiger partial charge is 0.383 e. The number of nitrogens with zero attached hydrogens (tertiary/aromatic N) is 2. The van der Waals surface area contributed by atoms with Crippen LogP contribution in [0.4, 0.5) is 5.69 Å². The molecule has 0 aliphatic rings. The second-order valence-electron chi connectivity index (χ2n) is 4.23. The van der Waals surface area contributed by atoms with Crippen LogP contribution in [0.3, 0.4) is 0 Å². The van der Waals surface area contributed by atoms with Gasteiger partial charge in [-0.25, -0.2) is 0 Å². The summed E-state index contributed by atoms with van der Waals surface area (Å²) in [5, 5.41) is 11.4. The third-order valence-electron chi connectivity index (χ3n) is 2.87. The molecule has 0 radical (unpaired) electrons. The summed E-state index contributed by atoms with van der Waals surface area (Å²) < 4.78 is 4.98. The van der Waals surface area contributed by atoms with E-state index < -0.39 is 4.92 Å². The molecule has 0 saturated carbocycles. The van der Waals surface area contributed by atoms with Gasteiger partial charge in [-0.2, -0.15) is 0 Å². The molecule has 0 aromatic heterocycles. The number of nitro groups is 1. The number of carbonyl (C=O) groups is 1. The molecule has 20 heavy (non-hydrogen) atoms. The number of aryl methyl sites for hydroxylation is 1. The van der Waals surface area contributed by atoms with Gasteiger partial charge in [-0.1, -0.05) is 22.0 Å². The monoisotopic (exact) mass is 344 g/mol. The highest BCUT2D eigenvalue weighted by atomic mass is 79.9. The predicted molar refractivity (Wildman–Crippen MR) is 79.4 cm³/mol. The van der Waals surface area contributed by atoms with E-state index in [-0.39, 0.29) is 11.6 Å². The fourth-order valence-corrected chi connectivity index (χ4v) is 2.17. The van der Waals surface area contributed by atoms with Crippen LogP contribution < -0.4 is 0 Å². The number of ether oxygens (including phenoxy) is 1. The number of alkyl halides is 1. The Bertz CT molecular complexity index is 493. The Labute approximate surface area is 126 Å². The van der Waals surface area contributed by atoms with Gasteiger partial charge in [0.15, 0.2) is 0 Å². The Morgan fingerprint density at radius 3 is 2.70 bits per heavy atom. The van der Waals surface area contributed by atoms with Crippen molar-refractivity contribution in [2.24, 2.45) is 0 Å². The molecule has 110 valence electrons. The van der Waals surface area contributed by atoms with Crippen molar-refractivity contribution in [3.05, 3.63) is 39.4 Å². The van der Waals surface area contributed by atoms with Crippen LogP contribution >= 0.6 is 15.9 Å². The predicted octanol–water partition coefficient (Wildman–Crippen LogP) is 2.39. The Morgan fingerprint density at radius 1 is 1.45 bits per heavy atom. The normalized spacial score (nSPS) is 10.3. The summed E-state index contributed by atoms with van der Waals surface area (Å²) >= 11 is 3.30. The third kappa shape index (κ3) is 4.28. The van der Waals surface area contributed by atoms with Gasteiger partial charge in [-0.3, -0.25) is 14.9 Å². The van der Waals surface area contributed by atoms with E-state index in [0.29, 0.717) is 30.6 Å². The fraction of sp³-hybridized carbons (Fsp3) is 0.462. The first-order valence-electron chi connectivity index (χ1n) is 6.10. The van der Waals surface area contributed by atoms with Gasteiger partial charge in [-0.05, 0) is 12.5 Å². The van der Waals surface area contributed by atoms with E-state index in [9.17, 15) is 14.9 Å². The zero-order valence-corrected chi connectivity index (χ0v) is 13.1. The second-order valence-corrected chi connectivity index (χ2v) is 5.02. The molecule has 0 spiro atoms. The zero-order chi connectivity index (χ0) is 15.1. The molecule has 1 rings (SSSR count). The number of nitro benzene ring substituents is 1. The van der Waals surface area contributed by atoms with Crippen LogP contribution in [0.2, 0.25) is 0 Å². The summed E-state index contributed by atoms with van der Waals surface area (Å²) in [5.74, 6) is -0.220. The lowest BCUT2D eigenvalue weighted by Gasteiger charge is -2.22. The Balaban J connectivity index is 3.03.